The standard InChI is InChI=1S/C20H25N3O2/c1-2-11-22-12-10-20(18(22)24)14-23(19(25)21-16-8-9-16)13-17(20)15-6-4-3-5-7-15/h2-7,16-17H,1,8-14H2,(H,21,25)/t17-,20+/m1/s1. The first-order valence-corrected chi connectivity index (χ1v) is 9.15. The number of carbonyl (C=O) groups is 2. The van der Waals surface area contributed by atoms with Crippen molar-refractivity contribution in [3.05, 3.63) is 48.6 Å². The zero-order valence-electron chi connectivity index (χ0n) is 14.5. The van der Waals surface area contributed by atoms with Crippen LogP contribution in [0, 0.1) is 5.41 Å². The molecule has 1 aromatic rings. The van der Waals surface area contributed by atoms with E-state index in [1.165, 1.54) is 0 Å². The number of hydrogen-bond donors (Lipinski definition) is 1. The Kier molecular flexibility index (Phi) is 4.02. The molecule has 0 radical (unpaired) electrons. The largest absolute Gasteiger partial charge is 0.338 e. The van der Waals surface area contributed by atoms with Crippen molar-refractivity contribution in [3.8, 4) is 0 Å². The van der Waals surface area contributed by atoms with E-state index in [4.69, 9.17) is 0 Å². The second-order valence-electron chi connectivity index (χ2n) is 7.51. The predicted octanol–water partition coefficient (Wildman–Crippen LogP) is 2.36. The van der Waals surface area contributed by atoms with Gasteiger partial charge in [0.05, 0.1) is 5.41 Å². The molecule has 0 aromatic heterocycles. The molecule has 4 rings (SSSR count). The smallest absolute Gasteiger partial charge is 0.317 e. The summed E-state index contributed by atoms with van der Waals surface area (Å²) in [6.45, 7) is 6.21. The summed E-state index contributed by atoms with van der Waals surface area (Å²) in [6, 6.07) is 10.5. The van der Waals surface area contributed by atoms with Gasteiger partial charge in [0.1, 0.15) is 0 Å². The zero-order chi connectivity index (χ0) is 17.4. The quantitative estimate of drug-likeness (QED) is 0.856. The molecule has 2 aliphatic heterocycles. The van der Waals surface area contributed by atoms with Crippen molar-refractivity contribution in [1.29, 1.82) is 0 Å². The minimum absolute atomic E-state index is 0.0183. The molecule has 3 aliphatic rings. The van der Waals surface area contributed by atoms with Gasteiger partial charge in [-0.05, 0) is 24.8 Å². The van der Waals surface area contributed by atoms with Crippen molar-refractivity contribution in [2.24, 2.45) is 5.41 Å². The van der Waals surface area contributed by atoms with Gasteiger partial charge in [0.2, 0.25) is 5.91 Å². The average molecular weight is 339 g/mol. The summed E-state index contributed by atoms with van der Waals surface area (Å²) in [7, 11) is 0. The highest BCUT2D eigenvalue weighted by atomic mass is 16.2. The van der Waals surface area contributed by atoms with E-state index < -0.39 is 5.41 Å². The highest BCUT2D eigenvalue weighted by Crippen LogP contribution is 2.49. The van der Waals surface area contributed by atoms with Crippen LogP contribution in [0.25, 0.3) is 0 Å². The van der Waals surface area contributed by atoms with Crippen molar-refractivity contribution in [3.63, 3.8) is 0 Å². The second kappa shape index (κ2) is 6.21. The molecule has 0 bridgehead atoms. The minimum Gasteiger partial charge on any atom is -0.338 e. The molecule has 1 spiro atoms. The Hall–Kier alpha value is -2.30. The third-order valence-corrected chi connectivity index (χ3v) is 5.83. The van der Waals surface area contributed by atoms with Crippen molar-refractivity contribution in [2.75, 3.05) is 26.2 Å². The van der Waals surface area contributed by atoms with Gasteiger partial charge in [-0.2, -0.15) is 0 Å². The van der Waals surface area contributed by atoms with Crippen LogP contribution in [0.1, 0.15) is 30.7 Å². The summed E-state index contributed by atoms with van der Waals surface area (Å²) < 4.78 is 0. The first kappa shape index (κ1) is 16.2. The monoisotopic (exact) mass is 339 g/mol. The summed E-state index contributed by atoms with van der Waals surface area (Å²) in [4.78, 5) is 29.6. The maximum atomic E-state index is 13.2. The fourth-order valence-corrected chi connectivity index (χ4v) is 4.33. The minimum atomic E-state index is -0.495. The number of rotatable bonds is 4. The van der Waals surface area contributed by atoms with Crippen LogP contribution in [0.15, 0.2) is 43.0 Å². The van der Waals surface area contributed by atoms with Crippen molar-refractivity contribution < 1.29 is 9.59 Å². The Morgan fingerprint density at radius 1 is 1.32 bits per heavy atom. The van der Waals surface area contributed by atoms with Gasteiger partial charge in [-0.1, -0.05) is 36.4 Å². The normalized spacial score (nSPS) is 28.6. The Balaban J connectivity index is 1.63. The molecule has 1 N–H and O–H groups in total. The van der Waals surface area contributed by atoms with Crippen molar-refractivity contribution in [1.82, 2.24) is 15.1 Å². The van der Waals surface area contributed by atoms with Crippen LogP contribution >= 0.6 is 0 Å². The lowest BCUT2D eigenvalue weighted by molar-refractivity contribution is -0.135. The molecule has 5 heteroatoms. The van der Waals surface area contributed by atoms with E-state index in [9.17, 15) is 9.59 Å². The molecule has 2 atom stereocenters. The molecule has 132 valence electrons. The van der Waals surface area contributed by atoms with Gasteiger partial charge in [-0.3, -0.25) is 4.79 Å². The number of amides is 3. The fraction of sp³-hybridized carbons (Fsp3) is 0.500. The molecular weight excluding hydrogens is 314 g/mol. The molecule has 1 aliphatic carbocycles. The number of benzene rings is 1. The number of urea groups is 1. The van der Waals surface area contributed by atoms with E-state index in [0.29, 0.717) is 25.7 Å². The molecule has 1 aromatic carbocycles. The number of nitrogens with one attached hydrogen (secondary N) is 1. The maximum Gasteiger partial charge on any atom is 0.317 e. The van der Waals surface area contributed by atoms with Gasteiger partial charge in [0.25, 0.3) is 0 Å². The average Bonchev–Trinajstić information content (AvgIpc) is 3.28. The number of carbonyl (C=O) groups excluding carboxylic acids is 2. The highest BCUT2D eigenvalue weighted by molar-refractivity contribution is 5.88. The first-order chi connectivity index (χ1) is 12.1. The topological polar surface area (TPSA) is 52.6 Å². The van der Waals surface area contributed by atoms with Crippen molar-refractivity contribution in [2.45, 2.75) is 31.2 Å². The van der Waals surface area contributed by atoms with Gasteiger partial charge in [-0.15, -0.1) is 6.58 Å². The van der Waals surface area contributed by atoms with Gasteiger partial charge in [-0.25, -0.2) is 4.79 Å². The van der Waals surface area contributed by atoms with Crippen LogP contribution in [0.5, 0.6) is 0 Å². The summed E-state index contributed by atoms with van der Waals surface area (Å²) in [5.41, 5.74) is 0.656. The van der Waals surface area contributed by atoms with E-state index in [1.807, 2.05) is 28.0 Å². The number of likely N-dealkylation sites (tertiary alicyclic amines) is 2. The van der Waals surface area contributed by atoms with Gasteiger partial charge in [0.15, 0.2) is 0 Å². The molecule has 5 nitrogen and oxygen atoms in total. The van der Waals surface area contributed by atoms with Crippen LogP contribution in [0.2, 0.25) is 0 Å². The summed E-state index contributed by atoms with van der Waals surface area (Å²) in [5, 5.41) is 3.07. The molecule has 3 fully saturated rings. The summed E-state index contributed by atoms with van der Waals surface area (Å²) in [6.07, 6.45) is 4.71. The van der Waals surface area contributed by atoms with Crippen molar-refractivity contribution >= 4 is 11.9 Å². The third kappa shape index (κ3) is 2.81. The van der Waals surface area contributed by atoms with Crippen LogP contribution in [0.4, 0.5) is 4.79 Å². The predicted molar refractivity (Wildman–Crippen MR) is 96.1 cm³/mol. The lowest BCUT2D eigenvalue weighted by Gasteiger charge is -2.28. The van der Waals surface area contributed by atoms with Crippen LogP contribution in [-0.2, 0) is 4.79 Å². The third-order valence-electron chi connectivity index (χ3n) is 5.83. The first-order valence-electron chi connectivity index (χ1n) is 9.15. The van der Waals surface area contributed by atoms with Crippen LogP contribution in [-0.4, -0.2) is 54.0 Å². The van der Waals surface area contributed by atoms with E-state index in [-0.39, 0.29) is 17.9 Å². The summed E-state index contributed by atoms with van der Waals surface area (Å²) >= 11 is 0. The molecule has 2 heterocycles. The Bertz CT molecular complexity index is 685. The molecule has 25 heavy (non-hydrogen) atoms. The Morgan fingerprint density at radius 2 is 2.08 bits per heavy atom. The molecule has 3 amide bonds. The second-order valence-corrected chi connectivity index (χ2v) is 7.51. The Labute approximate surface area is 148 Å². The lowest BCUT2D eigenvalue weighted by Crippen LogP contribution is -2.43. The van der Waals surface area contributed by atoms with E-state index >= 15 is 0 Å². The molecule has 1 saturated carbocycles. The Morgan fingerprint density at radius 3 is 2.76 bits per heavy atom. The maximum absolute atomic E-state index is 13.2. The van der Waals surface area contributed by atoms with Gasteiger partial charge >= 0.3 is 6.03 Å². The van der Waals surface area contributed by atoms with E-state index in [0.717, 1.165) is 31.4 Å². The molecule has 0 unspecified atom stereocenters. The van der Waals surface area contributed by atoms with E-state index in [2.05, 4.69) is 24.0 Å². The van der Waals surface area contributed by atoms with Gasteiger partial charge < -0.3 is 15.1 Å². The molecule has 2 saturated heterocycles. The van der Waals surface area contributed by atoms with Crippen LogP contribution in [0.3, 0.4) is 0 Å². The fourth-order valence-electron chi connectivity index (χ4n) is 4.33. The summed E-state index contributed by atoms with van der Waals surface area (Å²) in [5.74, 6) is 0.226. The number of hydrogen-bond acceptors (Lipinski definition) is 2. The SMILES string of the molecule is C=CCN1CC[C@@]2(CN(C(=O)NC3CC3)C[C@@H]2c2ccccc2)C1=O. The lowest BCUT2D eigenvalue weighted by atomic mass is 9.73. The zero-order valence-corrected chi connectivity index (χ0v) is 14.5. The highest BCUT2D eigenvalue weighted by Gasteiger charge is 2.57. The van der Waals surface area contributed by atoms with Crippen LogP contribution < -0.4 is 5.32 Å². The van der Waals surface area contributed by atoms with Gasteiger partial charge in [0, 0.05) is 38.1 Å². The van der Waals surface area contributed by atoms with E-state index in [1.54, 1.807) is 6.08 Å². The molecular formula is C20H25N3O2. The number of nitrogens with zero attached hydrogens (tertiary/aromatic N) is 2.